The maximum Gasteiger partial charge on any atom is 0.306 e. The molecule has 160 valence electrons. The van der Waals surface area contributed by atoms with Gasteiger partial charge in [-0.05, 0) is 34.1 Å². The van der Waals surface area contributed by atoms with Gasteiger partial charge in [-0.2, -0.15) is 0 Å². The second-order valence-electron chi connectivity index (χ2n) is 8.87. The van der Waals surface area contributed by atoms with Gasteiger partial charge in [0.2, 0.25) is 0 Å². The molecule has 0 aliphatic heterocycles. The van der Waals surface area contributed by atoms with Gasteiger partial charge in [-0.1, -0.05) is 47.6 Å². The van der Waals surface area contributed by atoms with E-state index in [2.05, 4.69) is 5.32 Å². The number of nitrogens with zero attached hydrogens (tertiary/aromatic N) is 3. The van der Waals surface area contributed by atoms with E-state index >= 15 is 0 Å². The third kappa shape index (κ3) is 4.88. The summed E-state index contributed by atoms with van der Waals surface area (Å²) in [5.41, 5.74) is -3.02. The summed E-state index contributed by atoms with van der Waals surface area (Å²) in [6, 6.07) is 2.94. The second-order valence-corrected chi connectivity index (χ2v) is 8.87. The Morgan fingerprint density at radius 3 is 1.47 bits per heavy atom. The molecule has 0 unspecified atom stereocenters. The van der Waals surface area contributed by atoms with Gasteiger partial charge in [0.25, 0.3) is 5.69 Å². The summed E-state index contributed by atoms with van der Waals surface area (Å²) in [7, 11) is 0. The lowest BCUT2D eigenvalue weighted by molar-refractivity contribution is -0.401. The summed E-state index contributed by atoms with van der Waals surface area (Å²) in [5.74, 6) is 0. The first-order valence-corrected chi connectivity index (χ1v) is 9.00. The zero-order valence-electron chi connectivity index (χ0n) is 19.5. The minimum absolute atomic E-state index is 0.265. The van der Waals surface area contributed by atoms with Crippen molar-refractivity contribution in [3.63, 3.8) is 0 Å². The van der Waals surface area contributed by atoms with Crippen LogP contribution in [0, 0.1) is 30.3 Å². The van der Waals surface area contributed by atoms with E-state index in [0.29, 0.717) is 0 Å². The van der Waals surface area contributed by atoms with Crippen molar-refractivity contribution in [2.75, 3.05) is 5.32 Å². The summed E-state index contributed by atoms with van der Waals surface area (Å²) in [5, 5.41) is 37.3. The van der Waals surface area contributed by atoms with Gasteiger partial charge in [-0.15, -0.1) is 0 Å². The molecular formula is C20H24N4O6. The van der Waals surface area contributed by atoms with Crippen LogP contribution >= 0.6 is 0 Å². The maximum absolute atomic E-state index is 11.7. The van der Waals surface area contributed by atoms with E-state index in [1.165, 1.54) is 0 Å². The molecule has 0 atom stereocenters. The summed E-state index contributed by atoms with van der Waals surface area (Å²) >= 11 is 0. The molecule has 2 rings (SSSR count). The van der Waals surface area contributed by atoms with E-state index in [1.54, 1.807) is 12.1 Å². The third-order valence-electron chi connectivity index (χ3n) is 4.43. The molecule has 2 aromatic carbocycles. The fourth-order valence-corrected chi connectivity index (χ4v) is 2.69. The van der Waals surface area contributed by atoms with Gasteiger partial charge in [-0.25, -0.2) is 0 Å². The molecule has 10 nitrogen and oxygen atoms in total. The van der Waals surface area contributed by atoms with Crippen molar-refractivity contribution in [1.82, 2.24) is 0 Å². The maximum atomic E-state index is 11.7. The van der Waals surface area contributed by atoms with E-state index in [0.717, 1.165) is 11.1 Å². The first kappa shape index (κ1) is 19.7. The average molecular weight is 418 g/mol. The van der Waals surface area contributed by atoms with Crippen LogP contribution in [0.5, 0.6) is 0 Å². The lowest BCUT2D eigenvalue weighted by Crippen LogP contribution is -2.17. The number of nitro benzene ring substituents is 3. The summed E-state index contributed by atoms with van der Waals surface area (Å²) < 4.78 is 15.8. The Morgan fingerprint density at radius 2 is 1.17 bits per heavy atom. The zero-order chi connectivity index (χ0) is 24.8. The van der Waals surface area contributed by atoms with Crippen molar-refractivity contribution < 1.29 is 17.5 Å². The van der Waals surface area contributed by atoms with Crippen LogP contribution in [-0.4, -0.2) is 14.8 Å². The molecule has 1 N–H and O–H groups in total. The van der Waals surface area contributed by atoms with E-state index in [1.807, 2.05) is 47.6 Å². The number of nitrogens with one attached hydrogen (secondary N) is 1. The Hall–Kier alpha value is -3.56. The number of benzene rings is 2. The fraction of sp³-hybridized carbons (Fsp3) is 0.400. The van der Waals surface area contributed by atoms with Crippen molar-refractivity contribution in [3.8, 4) is 0 Å². The Balaban J connectivity index is 2.92. The van der Waals surface area contributed by atoms with Crippen LogP contribution in [0.25, 0.3) is 0 Å². The zero-order valence-corrected chi connectivity index (χ0v) is 17.5. The molecule has 0 aliphatic carbocycles. The molecule has 30 heavy (non-hydrogen) atoms. The lowest BCUT2D eigenvalue weighted by atomic mass is 9.80. The molecule has 0 radical (unpaired) electrons. The minimum Gasteiger partial charge on any atom is -0.344 e. The number of nitro groups is 3. The van der Waals surface area contributed by atoms with Crippen molar-refractivity contribution in [3.05, 3.63) is 71.8 Å². The Morgan fingerprint density at radius 1 is 0.767 bits per heavy atom. The van der Waals surface area contributed by atoms with Crippen LogP contribution in [0.1, 0.15) is 55.4 Å². The lowest BCUT2D eigenvalue weighted by Gasteiger charge is -2.26. The molecule has 2 aromatic rings. The highest BCUT2D eigenvalue weighted by molar-refractivity contribution is 5.81. The fourth-order valence-electron chi connectivity index (χ4n) is 2.69. The van der Waals surface area contributed by atoms with Crippen molar-refractivity contribution in [1.29, 1.82) is 0 Å². The Kier molecular flexibility index (Phi) is 5.06. The van der Waals surface area contributed by atoms with Gasteiger partial charge in [0.15, 0.2) is 5.69 Å². The number of anilines is 2. The van der Waals surface area contributed by atoms with Gasteiger partial charge in [-0.3, -0.25) is 30.3 Å². The predicted octanol–water partition coefficient (Wildman–Crippen LogP) is 5.75. The normalized spacial score (nSPS) is 12.7. The van der Waals surface area contributed by atoms with Crippen LogP contribution in [-0.2, 0) is 10.8 Å². The van der Waals surface area contributed by atoms with Crippen molar-refractivity contribution >= 4 is 28.4 Å². The molecule has 0 spiro atoms. The molecule has 0 bridgehead atoms. The van der Waals surface area contributed by atoms with Gasteiger partial charge < -0.3 is 5.32 Å². The van der Waals surface area contributed by atoms with Gasteiger partial charge in [0, 0.05) is 5.69 Å². The van der Waals surface area contributed by atoms with Gasteiger partial charge >= 0.3 is 11.4 Å². The van der Waals surface area contributed by atoms with Gasteiger partial charge in [0.05, 0.1) is 29.6 Å². The van der Waals surface area contributed by atoms with Crippen LogP contribution in [0.15, 0.2) is 30.3 Å². The molecule has 0 saturated carbocycles. The molecular weight excluding hydrogens is 392 g/mol. The standard InChI is InChI=1S/C20H24N4O6/c1-19(2,3)12-7-13(20(4,5)6)9-14(8-12)21-18-16(23(27)28)10-15(22(25)26)11-17(18)24(29)30/h7-11,21H,1-6H3/i10D,11D. The topological polar surface area (TPSA) is 141 Å². The monoisotopic (exact) mass is 418 g/mol. The van der Waals surface area contributed by atoms with E-state index in [9.17, 15) is 30.3 Å². The summed E-state index contributed by atoms with van der Waals surface area (Å²) in [6.45, 7) is 11.7. The molecule has 0 saturated heterocycles. The molecule has 0 amide bonds. The summed E-state index contributed by atoms with van der Waals surface area (Å²) in [6.07, 6.45) is 0. The van der Waals surface area contributed by atoms with Crippen molar-refractivity contribution in [2.24, 2.45) is 0 Å². The highest BCUT2D eigenvalue weighted by Gasteiger charge is 2.31. The molecule has 0 heterocycles. The quantitative estimate of drug-likeness (QED) is 0.481. The van der Waals surface area contributed by atoms with Crippen LogP contribution in [0.4, 0.5) is 28.4 Å². The van der Waals surface area contributed by atoms with Crippen LogP contribution < -0.4 is 5.32 Å². The van der Waals surface area contributed by atoms with Crippen molar-refractivity contribution in [2.45, 2.75) is 52.4 Å². The Labute approximate surface area is 176 Å². The number of hydrogen-bond donors (Lipinski definition) is 1. The SMILES string of the molecule is [2H]c1c([N+](=O)[O-])c([2H])c([N+](=O)[O-])c(Nc2cc(C(C)(C)C)cc(C(C)(C)C)c2)c1[N+](=O)[O-]. The van der Waals surface area contributed by atoms with Crippen LogP contribution in [0.3, 0.4) is 0 Å². The largest absolute Gasteiger partial charge is 0.344 e. The summed E-state index contributed by atoms with van der Waals surface area (Å²) in [4.78, 5) is 31.3. The number of hydrogen-bond acceptors (Lipinski definition) is 7. The first-order chi connectivity index (χ1) is 14.5. The minimum atomic E-state index is -1.30. The second kappa shape index (κ2) is 7.69. The Bertz CT molecular complexity index is 1060. The highest BCUT2D eigenvalue weighted by Crippen LogP contribution is 2.41. The van der Waals surface area contributed by atoms with Crippen LogP contribution in [0.2, 0.25) is 0 Å². The number of rotatable bonds is 5. The predicted molar refractivity (Wildman–Crippen MR) is 114 cm³/mol. The van der Waals surface area contributed by atoms with E-state index < -0.39 is 49.6 Å². The molecule has 0 aromatic heterocycles. The average Bonchev–Trinajstić information content (AvgIpc) is 2.58. The third-order valence-corrected chi connectivity index (χ3v) is 4.43. The van der Waals surface area contributed by atoms with E-state index in [-0.39, 0.29) is 16.5 Å². The van der Waals surface area contributed by atoms with E-state index in [4.69, 9.17) is 2.74 Å². The first-order valence-electron chi connectivity index (χ1n) is 10.00. The van der Waals surface area contributed by atoms with Gasteiger partial charge in [0.1, 0.15) is 0 Å². The smallest absolute Gasteiger partial charge is 0.306 e. The molecule has 0 fully saturated rings. The molecule has 0 aliphatic rings. The highest BCUT2D eigenvalue weighted by atomic mass is 16.6. The molecule has 10 heteroatoms.